The number of urea groups is 1. The summed E-state index contributed by atoms with van der Waals surface area (Å²) in [6.07, 6.45) is 0. The lowest BCUT2D eigenvalue weighted by Crippen LogP contribution is -2.28. The predicted octanol–water partition coefficient (Wildman–Crippen LogP) is 3.30. The van der Waals surface area contributed by atoms with Crippen LogP contribution in [0.5, 0.6) is 0 Å². The van der Waals surface area contributed by atoms with Crippen LogP contribution in [0.1, 0.15) is 11.1 Å². The third-order valence-electron chi connectivity index (χ3n) is 2.80. The van der Waals surface area contributed by atoms with Gasteiger partial charge in [-0.1, -0.05) is 54.2 Å². The fourth-order valence-corrected chi connectivity index (χ4v) is 2.07. The molecule has 0 fully saturated rings. The van der Waals surface area contributed by atoms with E-state index in [2.05, 4.69) is 10.6 Å². The minimum Gasteiger partial charge on any atom is -0.389 e. The van der Waals surface area contributed by atoms with Crippen LogP contribution in [0.15, 0.2) is 48.5 Å². The average molecular weight is 320 g/mol. The van der Waals surface area contributed by atoms with Gasteiger partial charge in [0.15, 0.2) is 0 Å². The van der Waals surface area contributed by atoms with Crippen LogP contribution in [0, 0.1) is 0 Å². The Morgan fingerprint density at radius 1 is 1.19 bits per heavy atom. The maximum atomic E-state index is 11.8. The molecule has 21 heavy (non-hydrogen) atoms. The Morgan fingerprint density at radius 2 is 1.90 bits per heavy atom. The molecule has 2 amide bonds. The number of hydrogen-bond donors (Lipinski definition) is 3. The first kappa shape index (κ1) is 15.3. The van der Waals surface area contributed by atoms with E-state index >= 15 is 0 Å². The van der Waals surface area contributed by atoms with E-state index in [4.69, 9.17) is 29.6 Å². The molecule has 0 spiro atoms. The summed E-state index contributed by atoms with van der Waals surface area (Å²) in [6.45, 7) is 0.440. The Kier molecular flexibility index (Phi) is 5.14. The summed E-state index contributed by atoms with van der Waals surface area (Å²) in [4.78, 5) is 12.1. The number of anilines is 1. The Bertz CT molecular complexity index is 661. The summed E-state index contributed by atoms with van der Waals surface area (Å²) in [7, 11) is 0. The second-order valence-electron chi connectivity index (χ2n) is 4.35. The molecule has 108 valence electrons. The van der Waals surface area contributed by atoms with Crippen molar-refractivity contribution in [3.63, 3.8) is 0 Å². The third-order valence-corrected chi connectivity index (χ3v) is 3.35. The molecular weight excluding hydrogens is 306 g/mol. The largest absolute Gasteiger partial charge is 0.389 e. The monoisotopic (exact) mass is 319 g/mol. The molecule has 0 heterocycles. The van der Waals surface area contributed by atoms with Crippen LogP contribution in [0.4, 0.5) is 10.5 Å². The molecule has 0 unspecified atom stereocenters. The molecule has 2 aromatic carbocycles. The number of hydrogen-bond acceptors (Lipinski definition) is 2. The van der Waals surface area contributed by atoms with E-state index in [0.717, 1.165) is 5.56 Å². The zero-order valence-corrected chi connectivity index (χ0v) is 12.7. The Labute approximate surface area is 133 Å². The molecule has 0 aromatic heterocycles. The molecule has 0 bridgehead atoms. The Morgan fingerprint density at radius 3 is 2.52 bits per heavy atom. The summed E-state index contributed by atoms with van der Waals surface area (Å²) in [5, 5.41) is 5.82. The first-order chi connectivity index (χ1) is 10.1. The fourth-order valence-electron chi connectivity index (χ4n) is 1.71. The SMILES string of the molecule is NC(=S)c1ccc(NC(=O)NCc2ccccc2)c(Cl)c1. The minimum absolute atomic E-state index is 0.261. The zero-order valence-electron chi connectivity index (χ0n) is 11.1. The molecule has 0 saturated carbocycles. The molecule has 0 aliphatic rings. The van der Waals surface area contributed by atoms with Gasteiger partial charge in [0, 0.05) is 12.1 Å². The fraction of sp³-hybridized carbons (Fsp3) is 0.0667. The highest BCUT2D eigenvalue weighted by Crippen LogP contribution is 2.22. The molecule has 4 nitrogen and oxygen atoms in total. The number of rotatable bonds is 4. The van der Waals surface area contributed by atoms with Gasteiger partial charge in [-0.2, -0.15) is 0 Å². The third kappa shape index (κ3) is 4.44. The first-order valence-corrected chi connectivity index (χ1v) is 7.03. The summed E-state index contributed by atoms with van der Waals surface area (Å²) >= 11 is 10.9. The molecule has 0 saturated heterocycles. The van der Waals surface area contributed by atoms with Gasteiger partial charge in [0.1, 0.15) is 4.99 Å². The van der Waals surface area contributed by atoms with E-state index in [-0.39, 0.29) is 11.0 Å². The number of halogens is 1. The van der Waals surface area contributed by atoms with Crippen LogP contribution in [0.25, 0.3) is 0 Å². The van der Waals surface area contributed by atoms with Crippen molar-refractivity contribution < 1.29 is 4.79 Å². The highest BCUT2D eigenvalue weighted by molar-refractivity contribution is 7.80. The second-order valence-corrected chi connectivity index (χ2v) is 5.20. The lowest BCUT2D eigenvalue weighted by atomic mass is 10.2. The highest BCUT2D eigenvalue weighted by atomic mass is 35.5. The van der Waals surface area contributed by atoms with Gasteiger partial charge in [-0.05, 0) is 23.8 Å². The van der Waals surface area contributed by atoms with Gasteiger partial charge in [0.05, 0.1) is 10.7 Å². The van der Waals surface area contributed by atoms with Gasteiger partial charge < -0.3 is 16.4 Å². The van der Waals surface area contributed by atoms with Crippen LogP contribution in [-0.2, 0) is 6.54 Å². The molecular formula is C15H14ClN3OS. The number of thiocarbonyl (C=S) groups is 1. The topological polar surface area (TPSA) is 67.1 Å². The van der Waals surface area contributed by atoms with Gasteiger partial charge in [-0.15, -0.1) is 0 Å². The van der Waals surface area contributed by atoms with Gasteiger partial charge in [-0.3, -0.25) is 0 Å². The Hall–Kier alpha value is -2.11. The van der Waals surface area contributed by atoms with Crippen molar-refractivity contribution in [2.24, 2.45) is 5.73 Å². The van der Waals surface area contributed by atoms with E-state index in [9.17, 15) is 4.79 Å². The molecule has 2 rings (SSSR count). The molecule has 6 heteroatoms. The van der Waals surface area contributed by atoms with Crippen molar-refractivity contribution in [2.45, 2.75) is 6.54 Å². The van der Waals surface area contributed by atoms with E-state index in [1.807, 2.05) is 30.3 Å². The Balaban J connectivity index is 1.95. The second kappa shape index (κ2) is 7.06. The molecule has 2 aromatic rings. The van der Waals surface area contributed by atoms with Crippen LogP contribution in [0.3, 0.4) is 0 Å². The maximum absolute atomic E-state index is 11.8. The lowest BCUT2D eigenvalue weighted by molar-refractivity contribution is 0.251. The first-order valence-electron chi connectivity index (χ1n) is 6.24. The van der Waals surface area contributed by atoms with Crippen molar-refractivity contribution in [1.82, 2.24) is 5.32 Å². The number of amides is 2. The summed E-state index contributed by atoms with van der Waals surface area (Å²) in [6, 6.07) is 14.3. The van der Waals surface area contributed by atoms with Gasteiger partial charge in [0.2, 0.25) is 0 Å². The molecule has 0 aliphatic heterocycles. The number of nitrogens with two attached hydrogens (primary N) is 1. The van der Waals surface area contributed by atoms with Crippen molar-refractivity contribution in [1.29, 1.82) is 0 Å². The van der Waals surface area contributed by atoms with Crippen molar-refractivity contribution >= 4 is 40.5 Å². The minimum atomic E-state index is -0.330. The average Bonchev–Trinajstić information content (AvgIpc) is 2.48. The van der Waals surface area contributed by atoms with E-state index in [1.165, 1.54) is 0 Å². The van der Waals surface area contributed by atoms with Crippen molar-refractivity contribution in [3.8, 4) is 0 Å². The van der Waals surface area contributed by atoms with Crippen molar-refractivity contribution in [3.05, 3.63) is 64.7 Å². The standard InChI is InChI=1S/C15H14ClN3OS/c16-12-8-11(14(17)21)6-7-13(12)19-15(20)18-9-10-4-2-1-3-5-10/h1-8H,9H2,(H2,17,21)(H2,18,19,20). The number of carbonyl (C=O) groups is 1. The zero-order chi connectivity index (χ0) is 15.2. The maximum Gasteiger partial charge on any atom is 0.319 e. The van der Waals surface area contributed by atoms with E-state index in [1.54, 1.807) is 18.2 Å². The van der Waals surface area contributed by atoms with Gasteiger partial charge in [-0.25, -0.2) is 4.79 Å². The van der Waals surface area contributed by atoms with Crippen LogP contribution in [-0.4, -0.2) is 11.0 Å². The summed E-state index contributed by atoms with van der Waals surface area (Å²) in [5.41, 5.74) is 7.70. The predicted molar refractivity (Wildman–Crippen MR) is 89.6 cm³/mol. The molecule has 0 aliphatic carbocycles. The number of nitrogens with one attached hydrogen (secondary N) is 2. The summed E-state index contributed by atoms with van der Waals surface area (Å²) in [5.74, 6) is 0. The lowest BCUT2D eigenvalue weighted by Gasteiger charge is -2.10. The van der Waals surface area contributed by atoms with Gasteiger partial charge >= 0.3 is 6.03 Å². The quantitative estimate of drug-likeness (QED) is 0.757. The summed E-state index contributed by atoms with van der Waals surface area (Å²) < 4.78 is 0. The van der Waals surface area contributed by atoms with Crippen LogP contribution in [0.2, 0.25) is 5.02 Å². The van der Waals surface area contributed by atoms with E-state index < -0.39 is 0 Å². The molecule has 4 N–H and O–H groups in total. The molecule has 0 radical (unpaired) electrons. The highest BCUT2D eigenvalue weighted by Gasteiger charge is 2.07. The number of carbonyl (C=O) groups excluding carboxylic acids is 1. The smallest absolute Gasteiger partial charge is 0.319 e. The van der Waals surface area contributed by atoms with Crippen molar-refractivity contribution in [2.75, 3.05) is 5.32 Å². The van der Waals surface area contributed by atoms with Crippen LogP contribution < -0.4 is 16.4 Å². The number of benzene rings is 2. The van der Waals surface area contributed by atoms with Crippen LogP contribution >= 0.6 is 23.8 Å². The van der Waals surface area contributed by atoms with E-state index in [0.29, 0.717) is 22.8 Å². The molecule has 0 atom stereocenters. The van der Waals surface area contributed by atoms with Gasteiger partial charge in [0.25, 0.3) is 0 Å². The normalized spacial score (nSPS) is 9.95.